The maximum absolute atomic E-state index is 13.0. The molecular formula is C17H20FNO. The monoisotopic (exact) mass is 273 g/mol. The highest BCUT2D eigenvalue weighted by Gasteiger charge is 2.28. The zero-order valence-corrected chi connectivity index (χ0v) is 11.8. The van der Waals surface area contributed by atoms with Gasteiger partial charge < -0.3 is 10.8 Å². The molecule has 20 heavy (non-hydrogen) atoms. The fourth-order valence-electron chi connectivity index (χ4n) is 2.23. The van der Waals surface area contributed by atoms with E-state index in [-0.39, 0.29) is 23.0 Å². The topological polar surface area (TPSA) is 46.2 Å². The normalized spacial score (nSPS) is 13.2. The van der Waals surface area contributed by atoms with Crippen LogP contribution in [0, 0.1) is 5.82 Å². The van der Waals surface area contributed by atoms with E-state index in [9.17, 15) is 9.50 Å². The van der Waals surface area contributed by atoms with Gasteiger partial charge in [-0.3, -0.25) is 0 Å². The van der Waals surface area contributed by atoms with Crippen molar-refractivity contribution in [3.8, 4) is 5.75 Å². The van der Waals surface area contributed by atoms with Crippen LogP contribution in [0.15, 0.2) is 48.5 Å². The van der Waals surface area contributed by atoms with Gasteiger partial charge in [-0.2, -0.15) is 0 Å². The first-order chi connectivity index (χ1) is 9.39. The largest absolute Gasteiger partial charge is 0.508 e. The first-order valence-electron chi connectivity index (χ1n) is 6.69. The molecule has 3 N–H and O–H groups in total. The van der Waals surface area contributed by atoms with Crippen molar-refractivity contribution in [3.05, 3.63) is 65.5 Å². The van der Waals surface area contributed by atoms with Crippen molar-refractivity contribution in [1.29, 1.82) is 0 Å². The molecule has 3 heteroatoms. The first-order valence-corrected chi connectivity index (χ1v) is 6.69. The van der Waals surface area contributed by atoms with Crippen LogP contribution in [-0.2, 0) is 11.8 Å². The van der Waals surface area contributed by atoms with Crippen LogP contribution in [-0.4, -0.2) is 11.1 Å². The zero-order chi connectivity index (χ0) is 14.8. The highest BCUT2D eigenvalue weighted by atomic mass is 19.1. The molecular weight excluding hydrogens is 253 g/mol. The second kappa shape index (κ2) is 5.63. The molecule has 0 aliphatic heterocycles. The Labute approximate surface area is 119 Å². The lowest BCUT2D eigenvalue weighted by atomic mass is 9.76. The summed E-state index contributed by atoms with van der Waals surface area (Å²) >= 11 is 0. The molecule has 2 nitrogen and oxygen atoms in total. The Morgan fingerprint density at radius 1 is 1.05 bits per heavy atom. The Morgan fingerprint density at radius 3 is 2.15 bits per heavy atom. The Kier molecular flexibility index (Phi) is 4.09. The number of phenolic OH excluding ortho intramolecular Hbond substituents is 1. The minimum Gasteiger partial charge on any atom is -0.508 e. The van der Waals surface area contributed by atoms with Gasteiger partial charge in [0.1, 0.15) is 11.6 Å². The predicted molar refractivity (Wildman–Crippen MR) is 79.2 cm³/mol. The molecule has 0 saturated carbocycles. The third kappa shape index (κ3) is 3.17. The van der Waals surface area contributed by atoms with Crippen LogP contribution in [0.5, 0.6) is 5.75 Å². The second-order valence-corrected chi connectivity index (χ2v) is 5.71. The van der Waals surface area contributed by atoms with Crippen molar-refractivity contribution < 1.29 is 9.50 Å². The lowest BCUT2D eigenvalue weighted by molar-refractivity contribution is 0.405. The summed E-state index contributed by atoms with van der Waals surface area (Å²) in [5.41, 5.74) is 8.17. The molecule has 0 aromatic heterocycles. The van der Waals surface area contributed by atoms with E-state index < -0.39 is 0 Å². The highest BCUT2D eigenvalue weighted by Crippen LogP contribution is 2.28. The number of rotatable bonds is 4. The van der Waals surface area contributed by atoms with Gasteiger partial charge in [0.05, 0.1) is 0 Å². The maximum Gasteiger partial charge on any atom is 0.123 e. The summed E-state index contributed by atoms with van der Waals surface area (Å²) in [6.07, 6.45) is 0.699. The van der Waals surface area contributed by atoms with E-state index in [0.717, 1.165) is 11.1 Å². The molecule has 1 atom stereocenters. The van der Waals surface area contributed by atoms with Crippen molar-refractivity contribution in [1.82, 2.24) is 0 Å². The molecule has 0 amide bonds. The SMILES string of the molecule is CC(C)(c1ccc(F)cc1)C(N)Cc1ccc(O)cc1. The van der Waals surface area contributed by atoms with Crippen molar-refractivity contribution >= 4 is 0 Å². The third-order valence-corrected chi connectivity index (χ3v) is 3.91. The van der Waals surface area contributed by atoms with Crippen LogP contribution >= 0.6 is 0 Å². The number of phenols is 1. The van der Waals surface area contributed by atoms with Crippen molar-refractivity contribution in [2.75, 3.05) is 0 Å². The van der Waals surface area contributed by atoms with Gasteiger partial charge in [0.15, 0.2) is 0 Å². The molecule has 0 aliphatic carbocycles. The lowest BCUT2D eigenvalue weighted by Crippen LogP contribution is -2.42. The molecule has 2 aromatic carbocycles. The molecule has 0 bridgehead atoms. The summed E-state index contributed by atoms with van der Waals surface area (Å²) < 4.78 is 13.0. The quantitative estimate of drug-likeness (QED) is 0.897. The summed E-state index contributed by atoms with van der Waals surface area (Å²) in [6, 6.07) is 13.5. The fourth-order valence-corrected chi connectivity index (χ4v) is 2.23. The van der Waals surface area contributed by atoms with Crippen LogP contribution in [0.25, 0.3) is 0 Å². The van der Waals surface area contributed by atoms with Crippen LogP contribution in [0.3, 0.4) is 0 Å². The maximum atomic E-state index is 13.0. The molecule has 106 valence electrons. The Hall–Kier alpha value is -1.87. The molecule has 0 aliphatic rings. The smallest absolute Gasteiger partial charge is 0.123 e. The Bertz CT molecular complexity index is 561. The van der Waals surface area contributed by atoms with Crippen molar-refractivity contribution in [2.45, 2.75) is 31.7 Å². The molecule has 0 fully saturated rings. The van der Waals surface area contributed by atoms with Gasteiger partial charge in [-0.05, 0) is 41.8 Å². The van der Waals surface area contributed by atoms with Crippen molar-refractivity contribution in [2.24, 2.45) is 5.73 Å². The molecule has 0 radical (unpaired) electrons. The Balaban J connectivity index is 2.16. The van der Waals surface area contributed by atoms with E-state index in [2.05, 4.69) is 13.8 Å². The lowest BCUT2D eigenvalue weighted by Gasteiger charge is -2.32. The van der Waals surface area contributed by atoms with Gasteiger partial charge in [-0.25, -0.2) is 4.39 Å². The first kappa shape index (κ1) is 14.5. The molecule has 2 aromatic rings. The standard InChI is InChI=1S/C17H20FNO/c1-17(2,13-5-7-14(18)8-6-13)16(19)11-12-3-9-15(20)10-4-12/h3-10,16,20H,11,19H2,1-2H3. The average molecular weight is 273 g/mol. The van der Waals surface area contributed by atoms with E-state index in [4.69, 9.17) is 5.73 Å². The second-order valence-electron chi connectivity index (χ2n) is 5.71. The molecule has 0 heterocycles. The van der Waals surface area contributed by atoms with Crippen LogP contribution < -0.4 is 5.73 Å². The molecule has 0 saturated heterocycles. The van der Waals surface area contributed by atoms with Crippen LogP contribution in [0.4, 0.5) is 4.39 Å². The molecule has 2 rings (SSSR count). The van der Waals surface area contributed by atoms with Gasteiger partial charge in [0, 0.05) is 11.5 Å². The van der Waals surface area contributed by atoms with Gasteiger partial charge in [0.2, 0.25) is 0 Å². The number of benzene rings is 2. The highest BCUT2D eigenvalue weighted by molar-refractivity contribution is 5.30. The molecule has 1 unspecified atom stereocenters. The zero-order valence-electron chi connectivity index (χ0n) is 11.8. The van der Waals surface area contributed by atoms with Crippen LogP contribution in [0.2, 0.25) is 0 Å². The van der Waals surface area contributed by atoms with Gasteiger partial charge >= 0.3 is 0 Å². The number of halogens is 1. The predicted octanol–water partition coefficient (Wildman–Crippen LogP) is 3.38. The summed E-state index contributed by atoms with van der Waals surface area (Å²) in [7, 11) is 0. The summed E-state index contributed by atoms with van der Waals surface area (Å²) in [5, 5.41) is 9.29. The summed E-state index contributed by atoms with van der Waals surface area (Å²) in [4.78, 5) is 0. The van der Waals surface area contributed by atoms with E-state index in [1.165, 1.54) is 12.1 Å². The minimum absolute atomic E-state index is 0.0995. The minimum atomic E-state index is -0.258. The number of hydrogen-bond acceptors (Lipinski definition) is 2. The average Bonchev–Trinajstić information content (AvgIpc) is 2.42. The Morgan fingerprint density at radius 2 is 1.60 bits per heavy atom. The van der Waals surface area contributed by atoms with Gasteiger partial charge in [0.25, 0.3) is 0 Å². The third-order valence-electron chi connectivity index (χ3n) is 3.91. The van der Waals surface area contributed by atoms with E-state index >= 15 is 0 Å². The van der Waals surface area contributed by atoms with Crippen LogP contribution in [0.1, 0.15) is 25.0 Å². The van der Waals surface area contributed by atoms with Gasteiger partial charge in [-0.1, -0.05) is 38.1 Å². The number of hydrogen-bond donors (Lipinski definition) is 2. The van der Waals surface area contributed by atoms with E-state index in [1.54, 1.807) is 24.3 Å². The van der Waals surface area contributed by atoms with E-state index in [1.807, 2.05) is 12.1 Å². The van der Waals surface area contributed by atoms with E-state index in [0.29, 0.717) is 6.42 Å². The number of aromatic hydroxyl groups is 1. The summed E-state index contributed by atoms with van der Waals surface area (Å²) in [6.45, 7) is 4.12. The molecule has 0 spiro atoms. The number of nitrogens with two attached hydrogens (primary N) is 1. The fraction of sp³-hybridized carbons (Fsp3) is 0.294. The van der Waals surface area contributed by atoms with Crippen molar-refractivity contribution in [3.63, 3.8) is 0 Å². The van der Waals surface area contributed by atoms with Gasteiger partial charge in [-0.15, -0.1) is 0 Å². The summed E-state index contributed by atoms with van der Waals surface area (Å²) in [5.74, 6) is 0.0109.